The maximum absolute atomic E-state index is 13.0. The van der Waals surface area contributed by atoms with Crippen LogP contribution in [0.25, 0.3) is 0 Å². The van der Waals surface area contributed by atoms with Crippen LogP contribution in [-0.2, 0) is 14.6 Å². The summed E-state index contributed by atoms with van der Waals surface area (Å²) in [5.74, 6) is -0.909. The molecule has 1 saturated heterocycles. The van der Waals surface area contributed by atoms with E-state index in [1.165, 1.54) is 19.2 Å². The monoisotopic (exact) mass is 339 g/mol. The van der Waals surface area contributed by atoms with E-state index in [0.717, 1.165) is 6.20 Å². The molecule has 0 aliphatic carbocycles. The van der Waals surface area contributed by atoms with Crippen molar-refractivity contribution in [3.63, 3.8) is 0 Å². The van der Waals surface area contributed by atoms with Crippen LogP contribution in [0.2, 0.25) is 0 Å². The van der Waals surface area contributed by atoms with Crippen LogP contribution in [-0.4, -0.2) is 47.3 Å². The van der Waals surface area contributed by atoms with Gasteiger partial charge in [-0.15, -0.1) is 0 Å². The Morgan fingerprint density at radius 2 is 2.18 bits per heavy atom. The van der Waals surface area contributed by atoms with Gasteiger partial charge in [0.2, 0.25) is 5.91 Å². The van der Waals surface area contributed by atoms with Gasteiger partial charge in [-0.05, 0) is 19.4 Å². The molecule has 0 spiro atoms. The van der Waals surface area contributed by atoms with E-state index in [2.05, 4.69) is 10.4 Å². The van der Waals surface area contributed by atoms with Crippen molar-refractivity contribution >= 4 is 15.7 Å². The minimum Gasteiger partial charge on any atom is -0.352 e. The summed E-state index contributed by atoms with van der Waals surface area (Å²) < 4.78 is 62.9. The van der Waals surface area contributed by atoms with Gasteiger partial charge in [0.05, 0.1) is 17.4 Å². The molecule has 1 aliphatic rings. The van der Waals surface area contributed by atoms with Crippen molar-refractivity contribution in [2.24, 2.45) is 0 Å². The Morgan fingerprint density at radius 3 is 2.64 bits per heavy atom. The van der Waals surface area contributed by atoms with Crippen molar-refractivity contribution in [2.45, 2.75) is 43.3 Å². The molecule has 1 aromatic heterocycles. The third-order valence-corrected chi connectivity index (χ3v) is 6.06. The van der Waals surface area contributed by atoms with Crippen molar-refractivity contribution < 1.29 is 26.4 Å². The summed E-state index contributed by atoms with van der Waals surface area (Å²) >= 11 is 0. The second-order valence-corrected chi connectivity index (χ2v) is 7.76. The van der Waals surface area contributed by atoms with Gasteiger partial charge in [0.1, 0.15) is 0 Å². The van der Waals surface area contributed by atoms with E-state index in [4.69, 9.17) is 0 Å². The standard InChI is InChI=1S/C12H16F3N3O3S/c1-8-9(3-6-22(8,20)21)17-11(19)7-10(12(13,14)15)18-5-2-4-16-18/h2,4-5,8-10H,3,6-7H2,1H3,(H,17,19)/t8-,9-,10?/m1/s1. The lowest BCUT2D eigenvalue weighted by molar-refractivity contribution is -0.175. The molecule has 0 bridgehead atoms. The van der Waals surface area contributed by atoms with Gasteiger partial charge < -0.3 is 5.32 Å². The fraction of sp³-hybridized carbons (Fsp3) is 0.667. The highest BCUT2D eigenvalue weighted by Gasteiger charge is 2.44. The summed E-state index contributed by atoms with van der Waals surface area (Å²) in [6.07, 6.45) is -2.92. The largest absolute Gasteiger partial charge is 0.411 e. The molecule has 3 atom stereocenters. The van der Waals surface area contributed by atoms with Crippen molar-refractivity contribution in [1.29, 1.82) is 0 Å². The summed E-state index contributed by atoms with van der Waals surface area (Å²) in [4.78, 5) is 11.9. The molecule has 124 valence electrons. The van der Waals surface area contributed by atoms with Crippen LogP contribution in [0.15, 0.2) is 18.5 Å². The number of rotatable bonds is 4. The minimum atomic E-state index is -4.63. The molecule has 0 saturated carbocycles. The van der Waals surface area contributed by atoms with E-state index in [1.807, 2.05) is 0 Å². The molecule has 1 N–H and O–H groups in total. The molecule has 0 aromatic carbocycles. The van der Waals surface area contributed by atoms with Crippen molar-refractivity contribution in [1.82, 2.24) is 15.1 Å². The van der Waals surface area contributed by atoms with E-state index in [-0.39, 0.29) is 12.2 Å². The quantitative estimate of drug-likeness (QED) is 0.890. The predicted octanol–water partition coefficient (Wildman–Crippen LogP) is 1.07. The Bertz CT molecular complexity index is 628. The third kappa shape index (κ3) is 3.60. The lowest BCUT2D eigenvalue weighted by atomic mass is 10.1. The Balaban J connectivity index is 2.04. The Hall–Kier alpha value is -1.58. The second-order valence-electron chi connectivity index (χ2n) is 5.28. The first-order valence-corrected chi connectivity index (χ1v) is 8.39. The van der Waals surface area contributed by atoms with E-state index < -0.39 is 45.7 Å². The van der Waals surface area contributed by atoms with Crippen LogP contribution in [0, 0.1) is 0 Å². The molecule has 1 amide bonds. The molecule has 1 aromatic rings. The van der Waals surface area contributed by atoms with E-state index in [0.29, 0.717) is 4.68 Å². The molecular weight excluding hydrogens is 323 g/mol. The summed E-state index contributed by atoms with van der Waals surface area (Å²) in [5, 5.41) is 5.13. The summed E-state index contributed by atoms with van der Waals surface area (Å²) in [5.41, 5.74) is 0. The number of hydrogen-bond acceptors (Lipinski definition) is 4. The molecule has 1 fully saturated rings. The predicted molar refractivity (Wildman–Crippen MR) is 71.7 cm³/mol. The Labute approximate surface area is 125 Å². The highest BCUT2D eigenvalue weighted by Crippen LogP contribution is 2.32. The fourth-order valence-electron chi connectivity index (χ4n) is 2.42. The number of carbonyl (C=O) groups is 1. The number of halogens is 3. The first kappa shape index (κ1) is 16.8. The van der Waals surface area contributed by atoms with Crippen molar-refractivity contribution in [2.75, 3.05) is 5.75 Å². The second kappa shape index (κ2) is 5.90. The van der Waals surface area contributed by atoms with E-state index in [9.17, 15) is 26.4 Å². The van der Waals surface area contributed by atoms with Gasteiger partial charge in [0, 0.05) is 18.4 Å². The zero-order valence-corrected chi connectivity index (χ0v) is 12.6. The highest BCUT2D eigenvalue weighted by molar-refractivity contribution is 7.92. The molecule has 0 radical (unpaired) electrons. The highest BCUT2D eigenvalue weighted by atomic mass is 32.2. The summed E-state index contributed by atoms with van der Waals surface area (Å²) in [6.45, 7) is 1.45. The lowest BCUT2D eigenvalue weighted by Crippen LogP contribution is -2.42. The third-order valence-electron chi connectivity index (χ3n) is 3.79. The number of sulfone groups is 1. The average Bonchev–Trinajstić information content (AvgIpc) is 2.99. The zero-order chi connectivity index (χ0) is 16.5. The maximum atomic E-state index is 13.0. The van der Waals surface area contributed by atoms with Crippen molar-refractivity contribution in [3.05, 3.63) is 18.5 Å². The molecule has 22 heavy (non-hydrogen) atoms. The van der Waals surface area contributed by atoms with Gasteiger partial charge in [-0.2, -0.15) is 18.3 Å². The number of alkyl halides is 3. The molecule has 2 rings (SSSR count). The van der Waals surface area contributed by atoms with E-state index in [1.54, 1.807) is 0 Å². The number of nitrogens with zero attached hydrogens (tertiary/aromatic N) is 2. The average molecular weight is 339 g/mol. The molecule has 2 heterocycles. The first-order valence-electron chi connectivity index (χ1n) is 6.68. The van der Waals surface area contributed by atoms with Gasteiger partial charge in [-0.3, -0.25) is 9.48 Å². The SMILES string of the molecule is C[C@@H]1[C@H](NC(=O)CC(n2cccn2)C(F)(F)F)CCS1(=O)=O. The molecule has 1 unspecified atom stereocenters. The smallest absolute Gasteiger partial charge is 0.352 e. The van der Waals surface area contributed by atoms with Crippen molar-refractivity contribution in [3.8, 4) is 0 Å². The maximum Gasteiger partial charge on any atom is 0.411 e. The van der Waals surface area contributed by atoms with Gasteiger partial charge in [-0.25, -0.2) is 8.42 Å². The van der Waals surface area contributed by atoms with Gasteiger partial charge in [0.25, 0.3) is 0 Å². The van der Waals surface area contributed by atoms with Crippen LogP contribution < -0.4 is 5.32 Å². The zero-order valence-electron chi connectivity index (χ0n) is 11.7. The lowest BCUT2D eigenvalue weighted by Gasteiger charge is -2.22. The summed E-state index contributed by atoms with van der Waals surface area (Å²) in [7, 11) is -3.27. The fourth-order valence-corrected chi connectivity index (χ4v) is 4.08. The van der Waals surface area contributed by atoms with E-state index >= 15 is 0 Å². The normalized spacial score (nSPS) is 25.8. The Morgan fingerprint density at radius 1 is 1.50 bits per heavy atom. The van der Waals surface area contributed by atoms with Crippen LogP contribution in [0.1, 0.15) is 25.8 Å². The Kier molecular flexibility index (Phi) is 4.50. The van der Waals surface area contributed by atoms with Crippen LogP contribution >= 0.6 is 0 Å². The number of hydrogen-bond donors (Lipinski definition) is 1. The number of nitrogens with one attached hydrogen (secondary N) is 1. The van der Waals surface area contributed by atoms with Gasteiger partial charge in [0.15, 0.2) is 15.9 Å². The number of aromatic nitrogens is 2. The molecular formula is C12H16F3N3O3S. The molecule has 10 heteroatoms. The summed E-state index contributed by atoms with van der Waals surface area (Å²) in [6, 6.07) is -1.39. The molecule has 1 aliphatic heterocycles. The number of carbonyl (C=O) groups excluding carboxylic acids is 1. The van der Waals surface area contributed by atoms with Gasteiger partial charge >= 0.3 is 6.18 Å². The molecule has 6 nitrogen and oxygen atoms in total. The first-order chi connectivity index (χ1) is 10.1. The van der Waals surface area contributed by atoms with Crippen LogP contribution in [0.4, 0.5) is 13.2 Å². The van der Waals surface area contributed by atoms with Gasteiger partial charge in [-0.1, -0.05) is 0 Å². The minimum absolute atomic E-state index is 0.0685. The van der Waals surface area contributed by atoms with Crippen LogP contribution in [0.5, 0.6) is 0 Å². The van der Waals surface area contributed by atoms with Crippen LogP contribution in [0.3, 0.4) is 0 Å². The topological polar surface area (TPSA) is 81.1 Å². The number of amides is 1.